The van der Waals surface area contributed by atoms with Gasteiger partial charge in [-0.15, -0.1) is 11.3 Å². The third-order valence-electron chi connectivity index (χ3n) is 4.02. The minimum absolute atomic E-state index is 0.143. The highest BCUT2D eigenvalue weighted by molar-refractivity contribution is 7.21. The van der Waals surface area contributed by atoms with E-state index in [2.05, 4.69) is 10.3 Å². The van der Waals surface area contributed by atoms with Crippen molar-refractivity contribution in [2.45, 2.75) is 31.8 Å². The van der Waals surface area contributed by atoms with E-state index in [1.807, 2.05) is 12.1 Å². The van der Waals surface area contributed by atoms with E-state index in [1.165, 1.54) is 11.3 Å². The monoisotopic (exact) mass is 305 g/mol. The summed E-state index contributed by atoms with van der Waals surface area (Å²) in [6, 6.07) is 3.69. The first-order valence-corrected chi connectivity index (χ1v) is 8.06. The summed E-state index contributed by atoms with van der Waals surface area (Å²) in [5.41, 5.74) is 6.54. The van der Waals surface area contributed by atoms with Crippen LogP contribution in [0, 0.1) is 5.92 Å². The van der Waals surface area contributed by atoms with Crippen molar-refractivity contribution in [3.8, 4) is 0 Å². The van der Waals surface area contributed by atoms with Crippen LogP contribution in [0.2, 0.25) is 0 Å². The maximum atomic E-state index is 12.3. The molecule has 6 heteroatoms. The maximum absolute atomic E-state index is 12.3. The number of nitrogens with two attached hydrogens (primary N) is 1. The first-order chi connectivity index (χ1) is 10.1. The van der Waals surface area contributed by atoms with E-state index in [1.54, 1.807) is 6.20 Å². The van der Waals surface area contributed by atoms with E-state index in [-0.39, 0.29) is 12.0 Å². The molecule has 2 heterocycles. The Morgan fingerprint density at radius 1 is 1.52 bits per heavy atom. The van der Waals surface area contributed by atoms with E-state index >= 15 is 0 Å². The van der Waals surface area contributed by atoms with E-state index < -0.39 is 0 Å². The lowest BCUT2D eigenvalue weighted by Crippen LogP contribution is -2.32. The van der Waals surface area contributed by atoms with Gasteiger partial charge in [0.1, 0.15) is 9.71 Å². The standard InChI is InChI=1S/C15H19N3O2S/c16-12-11-5-2-6-17-15(11)21-13(12)14(20)18-8-9-3-1-4-10(19)7-9/h2,5-6,9-10,19H,1,3-4,7-8,16H2,(H,18,20). The van der Waals surface area contributed by atoms with Gasteiger partial charge in [0.2, 0.25) is 0 Å². The molecule has 5 nitrogen and oxygen atoms in total. The number of carbonyl (C=O) groups is 1. The Bertz CT molecular complexity index is 655. The Labute approximate surface area is 127 Å². The molecule has 2 aromatic rings. The average Bonchev–Trinajstić information content (AvgIpc) is 2.83. The molecular formula is C15H19N3O2S. The summed E-state index contributed by atoms with van der Waals surface area (Å²) in [4.78, 5) is 17.8. The third-order valence-corrected chi connectivity index (χ3v) is 5.15. The van der Waals surface area contributed by atoms with Crippen LogP contribution in [0.15, 0.2) is 18.3 Å². The molecule has 1 fully saturated rings. The number of rotatable bonds is 3. The molecule has 0 radical (unpaired) electrons. The van der Waals surface area contributed by atoms with Crippen LogP contribution >= 0.6 is 11.3 Å². The largest absolute Gasteiger partial charge is 0.397 e. The highest BCUT2D eigenvalue weighted by Gasteiger charge is 2.22. The summed E-state index contributed by atoms with van der Waals surface area (Å²) in [5, 5.41) is 13.4. The zero-order valence-electron chi connectivity index (χ0n) is 11.7. The number of hydrogen-bond donors (Lipinski definition) is 3. The van der Waals surface area contributed by atoms with Gasteiger partial charge < -0.3 is 16.2 Å². The van der Waals surface area contributed by atoms with Crippen LogP contribution in [0.5, 0.6) is 0 Å². The maximum Gasteiger partial charge on any atom is 0.263 e. The summed E-state index contributed by atoms with van der Waals surface area (Å²) in [7, 11) is 0. The van der Waals surface area contributed by atoms with E-state index in [0.29, 0.717) is 23.0 Å². The van der Waals surface area contributed by atoms with Gasteiger partial charge in [-0.2, -0.15) is 0 Å². The minimum atomic E-state index is -0.223. The molecule has 21 heavy (non-hydrogen) atoms. The van der Waals surface area contributed by atoms with Gasteiger partial charge in [0.05, 0.1) is 11.8 Å². The van der Waals surface area contributed by atoms with Crippen molar-refractivity contribution in [1.29, 1.82) is 0 Å². The number of anilines is 1. The van der Waals surface area contributed by atoms with Gasteiger partial charge in [-0.1, -0.05) is 6.42 Å². The van der Waals surface area contributed by atoms with E-state index in [9.17, 15) is 9.90 Å². The molecule has 3 rings (SSSR count). The number of aliphatic hydroxyl groups is 1. The fourth-order valence-corrected chi connectivity index (χ4v) is 3.86. The fraction of sp³-hybridized carbons (Fsp3) is 0.467. The fourth-order valence-electron chi connectivity index (χ4n) is 2.89. The molecule has 112 valence electrons. The van der Waals surface area contributed by atoms with Crippen LogP contribution in [0.4, 0.5) is 5.69 Å². The summed E-state index contributed by atoms with van der Waals surface area (Å²) >= 11 is 1.32. The van der Waals surface area contributed by atoms with E-state index in [0.717, 1.165) is 35.9 Å². The molecule has 2 atom stereocenters. The summed E-state index contributed by atoms with van der Waals surface area (Å²) < 4.78 is 0. The molecule has 0 spiro atoms. The number of pyridine rings is 1. The van der Waals surface area contributed by atoms with Crippen molar-refractivity contribution < 1.29 is 9.90 Å². The number of carbonyl (C=O) groups excluding carboxylic acids is 1. The number of aliphatic hydroxyl groups excluding tert-OH is 1. The molecule has 2 aromatic heterocycles. The van der Waals surface area contributed by atoms with Crippen molar-refractivity contribution in [3.63, 3.8) is 0 Å². The normalized spacial score (nSPS) is 22.3. The van der Waals surface area contributed by atoms with Crippen LogP contribution in [-0.4, -0.2) is 28.6 Å². The van der Waals surface area contributed by atoms with Crippen LogP contribution in [-0.2, 0) is 0 Å². The zero-order valence-corrected chi connectivity index (χ0v) is 12.5. The quantitative estimate of drug-likeness (QED) is 0.811. The van der Waals surface area contributed by atoms with Gasteiger partial charge in [0.15, 0.2) is 0 Å². The molecule has 0 saturated heterocycles. The molecule has 0 aromatic carbocycles. The number of nitrogens with zero attached hydrogens (tertiary/aromatic N) is 1. The van der Waals surface area contributed by atoms with Crippen molar-refractivity contribution in [3.05, 3.63) is 23.2 Å². The zero-order chi connectivity index (χ0) is 14.8. The number of amides is 1. The molecule has 1 saturated carbocycles. The third kappa shape index (κ3) is 3.01. The number of nitrogens with one attached hydrogen (secondary N) is 1. The van der Waals surface area contributed by atoms with Crippen LogP contribution < -0.4 is 11.1 Å². The summed E-state index contributed by atoms with van der Waals surface area (Å²) in [6.07, 6.45) is 5.20. The van der Waals surface area contributed by atoms with Crippen LogP contribution in [0.1, 0.15) is 35.4 Å². The number of thiophene rings is 1. The first kappa shape index (κ1) is 14.3. The molecule has 0 aliphatic heterocycles. The van der Waals surface area contributed by atoms with Gasteiger partial charge in [0.25, 0.3) is 5.91 Å². The van der Waals surface area contributed by atoms with Crippen LogP contribution in [0.25, 0.3) is 10.2 Å². The van der Waals surface area contributed by atoms with E-state index in [4.69, 9.17) is 5.73 Å². The Hall–Kier alpha value is -1.66. The van der Waals surface area contributed by atoms with Crippen molar-refractivity contribution in [2.24, 2.45) is 5.92 Å². The first-order valence-electron chi connectivity index (χ1n) is 7.24. The Morgan fingerprint density at radius 2 is 2.38 bits per heavy atom. The second-order valence-electron chi connectivity index (χ2n) is 5.60. The minimum Gasteiger partial charge on any atom is -0.397 e. The van der Waals surface area contributed by atoms with Crippen molar-refractivity contribution in [2.75, 3.05) is 12.3 Å². The second-order valence-corrected chi connectivity index (χ2v) is 6.60. The smallest absolute Gasteiger partial charge is 0.263 e. The summed E-state index contributed by atoms with van der Waals surface area (Å²) in [5.74, 6) is 0.210. The predicted molar refractivity (Wildman–Crippen MR) is 84.3 cm³/mol. The second kappa shape index (κ2) is 5.99. The Morgan fingerprint density at radius 3 is 3.14 bits per heavy atom. The number of fused-ring (bicyclic) bond motifs is 1. The number of aromatic nitrogens is 1. The number of nitrogen functional groups attached to an aromatic ring is 1. The average molecular weight is 305 g/mol. The van der Waals surface area contributed by atoms with Gasteiger partial charge in [-0.05, 0) is 37.3 Å². The van der Waals surface area contributed by atoms with Gasteiger partial charge in [-0.25, -0.2) is 4.98 Å². The molecule has 4 N–H and O–H groups in total. The lowest BCUT2D eigenvalue weighted by atomic mass is 9.87. The molecule has 0 bridgehead atoms. The molecule has 1 amide bonds. The van der Waals surface area contributed by atoms with Crippen molar-refractivity contribution >= 4 is 33.1 Å². The number of hydrogen-bond acceptors (Lipinski definition) is 5. The van der Waals surface area contributed by atoms with Gasteiger partial charge in [0, 0.05) is 18.1 Å². The molecule has 1 aliphatic carbocycles. The Balaban J connectivity index is 1.68. The summed E-state index contributed by atoms with van der Waals surface area (Å²) in [6.45, 7) is 0.594. The topological polar surface area (TPSA) is 88.2 Å². The highest BCUT2D eigenvalue weighted by atomic mass is 32.1. The lowest BCUT2D eigenvalue weighted by molar-refractivity contribution is 0.0877. The molecule has 1 aliphatic rings. The lowest BCUT2D eigenvalue weighted by Gasteiger charge is -2.25. The molecule has 2 unspecified atom stereocenters. The highest BCUT2D eigenvalue weighted by Crippen LogP contribution is 2.32. The van der Waals surface area contributed by atoms with Crippen LogP contribution in [0.3, 0.4) is 0 Å². The SMILES string of the molecule is Nc1c(C(=O)NCC2CCCC(O)C2)sc2ncccc12. The Kier molecular flexibility index (Phi) is 4.07. The molecular weight excluding hydrogens is 286 g/mol. The van der Waals surface area contributed by atoms with Crippen molar-refractivity contribution in [1.82, 2.24) is 10.3 Å². The predicted octanol–water partition coefficient (Wildman–Crippen LogP) is 2.16. The van der Waals surface area contributed by atoms with Gasteiger partial charge >= 0.3 is 0 Å². The van der Waals surface area contributed by atoms with Gasteiger partial charge in [-0.3, -0.25) is 4.79 Å².